The molecular formula is C6H8N2Na2O5. The molecule has 15 heavy (non-hydrogen) atoms. The summed E-state index contributed by atoms with van der Waals surface area (Å²) in [6, 6.07) is 0. The van der Waals surface area contributed by atoms with Gasteiger partial charge in [-0.1, -0.05) is 0 Å². The Kier molecular flexibility index (Phi) is 15.0. The van der Waals surface area contributed by atoms with Crippen molar-refractivity contribution in [1.82, 2.24) is 4.90 Å². The van der Waals surface area contributed by atoms with Gasteiger partial charge in [0.2, 0.25) is 0 Å². The van der Waals surface area contributed by atoms with Gasteiger partial charge in [-0.25, -0.2) is 0 Å². The van der Waals surface area contributed by atoms with E-state index in [1.54, 1.807) is 0 Å². The number of carbonyl (C=O) groups is 2. The number of hydrogen-bond donors (Lipinski definition) is 2. The Labute approximate surface area is 131 Å². The second-order valence-corrected chi connectivity index (χ2v) is 2.33. The molecule has 0 radical (unpaired) electrons. The Bertz CT molecular complexity index is 198. The number of carbonyl (C=O) groups excluding carboxylic acids is 1. The third kappa shape index (κ3) is 14.4. The van der Waals surface area contributed by atoms with Crippen LogP contribution in [0.3, 0.4) is 0 Å². The van der Waals surface area contributed by atoms with Gasteiger partial charge in [0.1, 0.15) is 0 Å². The second-order valence-electron chi connectivity index (χ2n) is 2.33. The average molecular weight is 234 g/mol. The number of carboxylic acids is 2. The molecule has 0 spiro atoms. The molecule has 9 heteroatoms. The molecule has 0 aromatic heterocycles. The van der Waals surface area contributed by atoms with E-state index < -0.39 is 37.5 Å². The molecule has 2 N–H and O–H groups in total. The van der Waals surface area contributed by atoms with Crippen molar-refractivity contribution >= 4 is 17.8 Å². The minimum absolute atomic E-state index is 0. The monoisotopic (exact) mass is 234 g/mol. The first-order valence-electron chi connectivity index (χ1n) is 3.30. The molecule has 0 unspecified atom stereocenters. The van der Waals surface area contributed by atoms with Gasteiger partial charge in [-0.3, -0.25) is 9.69 Å². The predicted octanol–water partition coefficient (Wildman–Crippen LogP) is -9.53. The van der Waals surface area contributed by atoms with E-state index in [2.05, 4.69) is 0 Å². The van der Waals surface area contributed by atoms with Crippen molar-refractivity contribution in [1.29, 1.82) is 5.41 Å². The SMILES string of the molecule is N=C([O-])CN(CC(=O)[O-])CC(=O)O.[Na+].[Na+]. The van der Waals surface area contributed by atoms with Crippen LogP contribution in [0.4, 0.5) is 0 Å². The summed E-state index contributed by atoms with van der Waals surface area (Å²) < 4.78 is 0. The van der Waals surface area contributed by atoms with Crippen LogP contribution in [0.2, 0.25) is 0 Å². The maximum absolute atomic E-state index is 10.2. The van der Waals surface area contributed by atoms with Crippen LogP contribution < -0.4 is 69.3 Å². The van der Waals surface area contributed by atoms with Crippen molar-refractivity contribution in [2.24, 2.45) is 0 Å². The quantitative estimate of drug-likeness (QED) is 0.267. The van der Waals surface area contributed by atoms with E-state index in [0.29, 0.717) is 0 Å². The first kappa shape index (κ1) is 20.7. The summed E-state index contributed by atoms with van der Waals surface area (Å²) in [5, 5.41) is 35.1. The van der Waals surface area contributed by atoms with Gasteiger partial charge < -0.3 is 25.5 Å². The maximum atomic E-state index is 10.2. The smallest absolute Gasteiger partial charge is 0.861 e. The molecule has 0 aliphatic heterocycles. The maximum Gasteiger partial charge on any atom is 1.00 e. The number of nitrogens with one attached hydrogen (secondary N) is 1. The van der Waals surface area contributed by atoms with E-state index in [-0.39, 0.29) is 59.1 Å². The van der Waals surface area contributed by atoms with Crippen LogP contribution in [0.15, 0.2) is 0 Å². The Balaban J connectivity index is -0.000000720. The van der Waals surface area contributed by atoms with Crippen LogP contribution in [-0.4, -0.2) is 47.5 Å². The molecule has 0 aromatic carbocycles. The van der Waals surface area contributed by atoms with Crippen molar-refractivity contribution in [3.05, 3.63) is 0 Å². The molecule has 0 heterocycles. The van der Waals surface area contributed by atoms with E-state index >= 15 is 0 Å². The molecule has 7 nitrogen and oxygen atoms in total. The van der Waals surface area contributed by atoms with Crippen molar-refractivity contribution in [3.8, 4) is 0 Å². The normalized spacial score (nSPS) is 8.60. The summed E-state index contributed by atoms with van der Waals surface area (Å²) in [6.45, 7) is -1.80. The zero-order valence-electron chi connectivity index (χ0n) is 8.65. The van der Waals surface area contributed by atoms with Crippen molar-refractivity contribution in [3.63, 3.8) is 0 Å². The predicted molar refractivity (Wildman–Crippen MR) is 36.8 cm³/mol. The van der Waals surface area contributed by atoms with E-state index in [1.807, 2.05) is 0 Å². The van der Waals surface area contributed by atoms with E-state index in [4.69, 9.17) is 10.5 Å². The zero-order valence-corrected chi connectivity index (χ0v) is 12.6. The first-order valence-corrected chi connectivity index (χ1v) is 3.30. The number of rotatable bonds is 6. The fourth-order valence-corrected chi connectivity index (χ4v) is 0.745. The van der Waals surface area contributed by atoms with Gasteiger partial charge in [-0.2, -0.15) is 0 Å². The molecule has 74 valence electrons. The van der Waals surface area contributed by atoms with Gasteiger partial charge in [-0.05, 0) is 5.90 Å². The summed E-state index contributed by atoms with van der Waals surface area (Å²) in [4.78, 5) is 21.0. The zero-order chi connectivity index (χ0) is 10.4. The van der Waals surface area contributed by atoms with Gasteiger partial charge in [0.05, 0.1) is 12.5 Å². The summed E-state index contributed by atoms with van der Waals surface area (Å²) in [7, 11) is 0. The molecule has 0 aliphatic carbocycles. The number of aliphatic carboxylic acids is 2. The van der Waals surface area contributed by atoms with E-state index in [9.17, 15) is 19.8 Å². The van der Waals surface area contributed by atoms with Gasteiger partial charge in [0.15, 0.2) is 0 Å². The minimum atomic E-state index is -1.48. The molecular weight excluding hydrogens is 226 g/mol. The van der Waals surface area contributed by atoms with Gasteiger partial charge in [0.25, 0.3) is 0 Å². The van der Waals surface area contributed by atoms with Crippen LogP contribution in [0, 0.1) is 5.41 Å². The molecule has 0 atom stereocenters. The van der Waals surface area contributed by atoms with Gasteiger partial charge >= 0.3 is 65.1 Å². The fourth-order valence-electron chi connectivity index (χ4n) is 0.745. The van der Waals surface area contributed by atoms with E-state index in [1.165, 1.54) is 0 Å². The standard InChI is InChI=1S/C6H10N2O5.2Na/c7-4(9)1-8(2-5(10)11)3-6(12)13;;/h1-3H2,(H2,7,9)(H,10,11)(H,12,13);;/q;2*+1/p-2. The molecule has 0 saturated carbocycles. The Hall–Kier alpha value is 0.370. The van der Waals surface area contributed by atoms with Crippen molar-refractivity contribution < 1.29 is 84.0 Å². The molecule has 0 saturated heterocycles. The molecule has 0 aromatic rings. The van der Waals surface area contributed by atoms with Gasteiger partial charge in [0, 0.05) is 13.1 Å². The van der Waals surface area contributed by atoms with Gasteiger partial charge in [-0.15, -0.1) is 0 Å². The molecule has 0 amide bonds. The minimum Gasteiger partial charge on any atom is -0.861 e. The summed E-state index contributed by atoms with van der Waals surface area (Å²) >= 11 is 0. The molecule has 0 fully saturated rings. The molecule has 0 aliphatic rings. The third-order valence-corrected chi connectivity index (χ3v) is 1.08. The van der Waals surface area contributed by atoms with Crippen LogP contribution in [0.5, 0.6) is 0 Å². The first-order chi connectivity index (χ1) is 5.91. The van der Waals surface area contributed by atoms with E-state index in [0.717, 1.165) is 4.90 Å². The summed E-state index contributed by atoms with van der Waals surface area (Å²) in [5.74, 6) is -3.78. The topological polar surface area (TPSA) is 128 Å². The summed E-state index contributed by atoms with van der Waals surface area (Å²) in [6.07, 6.45) is 0. The Morgan fingerprint density at radius 2 is 1.60 bits per heavy atom. The fraction of sp³-hybridized carbons (Fsp3) is 0.500. The van der Waals surface area contributed by atoms with Crippen molar-refractivity contribution in [2.75, 3.05) is 19.6 Å². The molecule has 0 bridgehead atoms. The summed E-state index contributed by atoms with van der Waals surface area (Å²) in [5.41, 5.74) is 0. The number of hydrogen-bond acceptors (Lipinski definition) is 6. The number of nitrogens with zero attached hydrogens (tertiary/aromatic N) is 1. The number of carboxylic acid groups (broad SMARTS) is 2. The van der Waals surface area contributed by atoms with Crippen LogP contribution in [0.1, 0.15) is 0 Å². The van der Waals surface area contributed by atoms with Crippen LogP contribution in [0.25, 0.3) is 0 Å². The third-order valence-electron chi connectivity index (χ3n) is 1.08. The van der Waals surface area contributed by atoms with Crippen molar-refractivity contribution in [2.45, 2.75) is 0 Å². The Morgan fingerprint density at radius 3 is 1.87 bits per heavy atom. The van der Waals surface area contributed by atoms with Crippen LogP contribution in [-0.2, 0) is 9.59 Å². The Morgan fingerprint density at radius 1 is 1.13 bits per heavy atom. The average Bonchev–Trinajstić information content (AvgIpc) is 1.80. The largest absolute Gasteiger partial charge is 1.00 e. The molecule has 0 rings (SSSR count). The van der Waals surface area contributed by atoms with Crippen LogP contribution >= 0.6 is 0 Å². The second kappa shape index (κ2) is 10.9.